The molecule has 0 aromatic rings. The van der Waals surface area contributed by atoms with Gasteiger partial charge in [0.25, 0.3) is 0 Å². The van der Waals surface area contributed by atoms with Crippen LogP contribution in [0.2, 0.25) is 0 Å². The summed E-state index contributed by atoms with van der Waals surface area (Å²) in [7, 11) is 4.58. The number of rotatable bonds is 3. The number of esters is 1. The van der Waals surface area contributed by atoms with E-state index < -0.39 is 5.97 Å². The zero-order chi connectivity index (χ0) is 10.4. The number of ether oxygens (including phenoxy) is 1. The van der Waals surface area contributed by atoms with Gasteiger partial charge in [0.2, 0.25) is 0 Å². The number of amides is 2. The van der Waals surface area contributed by atoms with E-state index in [-0.39, 0.29) is 12.6 Å². The van der Waals surface area contributed by atoms with E-state index >= 15 is 0 Å². The number of hydrogen-bond acceptors (Lipinski definition) is 3. The molecular weight excluding hydrogens is 172 g/mol. The van der Waals surface area contributed by atoms with E-state index in [9.17, 15) is 9.59 Å². The first kappa shape index (κ1) is 11.7. The lowest BCUT2D eigenvalue weighted by Crippen LogP contribution is -2.42. The second-order valence-electron chi connectivity index (χ2n) is 2.77. The van der Waals surface area contributed by atoms with Crippen molar-refractivity contribution in [1.82, 2.24) is 9.80 Å². The lowest BCUT2D eigenvalue weighted by Gasteiger charge is -2.23. The SMILES string of the molecule is CCN(CC(=O)OC)C(=O)N(C)C. The van der Waals surface area contributed by atoms with Crippen molar-refractivity contribution in [3.63, 3.8) is 0 Å². The van der Waals surface area contributed by atoms with Gasteiger partial charge in [-0.1, -0.05) is 0 Å². The third kappa shape index (κ3) is 3.78. The second-order valence-corrected chi connectivity index (χ2v) is 2.77. The molecule has 0 heterocycles. The molecule has 2 amide bonds. The Hall–Kier alpha value is -1.26. The maximum atomic E-state index is 11.4. The van der Waals surface area contributed by atoms with Crippen molar-refractivity contribution in [2.45, 2.75) is 6.92 Å². The lowest BCUT2D eigenvalue weighted by atomic mass is 10.5. The van der Waals surface area contributed by atoms with E-state index in [4.69, 9.17) is 0 Å². The average molecular weight is 188 g/mol. The number of nitrogens with zero attached hydrogens (tertiary/aromatic N) is 2. The Morgan fingerprint density at radius 1 is 1.31 bits per heavy atom. The van der Waals surface area contributed by atoms with Gasteiger partial charge in [-0.05, 0) is 6.92 Å². The molecule has 5 heteroatoms. The molecule has 76 valence electrons. The quantitative estimate of drug-likeness (QED) is 0.593. The molecule has 0 spiro atoms. The fourth-order valence-electron chi connectivity index (χ4n) is 0.818. The summed E-state index contributed by atoms with van der Waals surface area (Å²) >= 11 is 0. The molecule has 0 aromatic carbocycles. The van der Waals surface area contributed by atoms with Crippen molar-refractivity contribution in [2.75, 3.05) is 34.3 Å². The van der Waals surface area contributed by atoms with Crippen LogP contribution in [0.1, 0.15) is 6.92 Å². The predicted octanol–water partition coefficient (Wildman–Crippen LogP) is 0.163. The number of carbonyl (C=O) groups is 2. The van der Waals surface area contributed by atoms with Gasteiger partial charge in [0.1, 0.15) is 6.54 Å². The number of urea groups is 1. The molecule has 0 aliphatic heterocycles. The van der Waals surface area contributed by atoms with Crippen LogP contribution in [0.3, 0.4) is 0 Å². The van der Waals surface area contributed by atoms with Crippen molar-refractivity contribution in [3.8, 4) is 0 Å². The highest BCUT2D eigenvalue weighted by Crippen LogP contribution is 1.94. The third-order valence-corrected chi connectivity index (χ3v) is 1.58. The molecule has 5 nitrogen and oxygen atoms in total. The molecule has 0 unspecified atom stereocenters. The van der Waals surface area contributed by atoms with Crippen molar-refractivity contribution in [1.29, 1.82) is 0 Å². The number of likely N-dealkylation sites (N-methyl/N-ethyl adjacent to an activating group) is 1. The van der Waals surface area contributed by atoms with Crippen LogP contribution in [0.15, 0.2) is 0 Å². The van der Waals surface area contributed by atoms with Gasteiger partial charge >= 0.3 is 12.0 Å². The van der Waals surface area contributed by atoms with E-state index in [1.165, 1.54) is 16.9 Å². The van der Waals surface area contributed by atoms with E-state index in [1.807, 2.05) is 6.92 Å². The fraction of sp³-hybridized carbons (Fsp3) is 0.750. The van der Waals surface area contributed by atoms with Gasteiger partial charge in [-0.2, -0.15) is 0 Å². The highest BCUT2D eigenvalue weighted by Gasteiger charge is 2.16. The molecule has 0 aromatic heterocycles. The number of carbonyl (C=O) groups excluding carboxylic acids is 2. The van der Waals surface area contributed by atoms with Crippen LogP contribution in [0.4, 0.5) is 4.79 Å². The minimum Gasteiger partial charge on any atom is -0.468 e. The largest absolute Gasteiger partial charge is 0.468 e. The Labute approximate surface area is 78.3 Å². The van der Waals surface area contributed by atoms with Crippen LogP contribution in [0.5, 0.6) is 0 Å². The molecule has 0 atom stereocenters. The Balaban J connectivity index is 4.18. The molecule has 0 radical (unpaired) electrons. The van der Waals surface area contributed by atoms with Gasteiger partial charge in [0.15, 0.2) is 0 Å². The first-order chi connectivity index (χ1) is 6.02. The zero-order valence-electron chi connectivity index (χ0n) is 8.53. The molecule has 0 fully saturated rings. The highest BCUT2D eigenvalue weighted by atomic mass is 16.5. The topological polar surface area (TPSA) is 49.9 Å². The van der Waals surface area contributed by atoms with Crippen LogP contribution >= 0.6 is 0 Å². The lowest BCUT2D eigenvalue weighted by molar-refractivity contribution is -0.141. The fourth-order valence-corrected chi connectivity index (χ4v) is 0.818. The van der Waals surface area contributed by atoms with Crippen molar-refractivity contribution in [3.05, 3.63) is 0 Å². The second kappa shape index (κ2) is 5.40. The van der Waals surface area contributed by atoms with Crippen LogP contribution < -0.4 is 0 Å². The van der Waals surface area contributed by atoms with E-state index in [1.54, 1.807) is 14.1 Å². The molecule has 0 aliphatic rings. The highest BCUT2D eigenvalue weighted by molar-refractivity contribution is 5.80. The van der Waals surface area contributed by atoms with Gasteiger partial charge < -0.3 is 14.5 Å². The van der Waals surface area contributed by atoms with Crippen LogP contribution in [0, 0.1) is 0 Å². The summed E-state index contributed by atoms with van der Waals surface area (Å²) in [6, 6.07) is -0.187. The summed E-state index contributed by atoms with van der Waals surface area (Å²) in [6.07, 6.45) is 0. The van der Waals surface area contributed by atoms with Gasteiger partial charge in [0, 0.05) is 20.6 Å². The van der Waals surface area contributed by atoms with Crippen LogP contribution in [-0.4, -0.2) is 56.1 Å². The standard InChI is InChI=1S/C8H16N2O3/c1-5-10(6-7(11)13-4)8(12)9(2)3/h5-6H2,1-4H3. The Kier molecular flexibility index (Phi) is 4.87. The average Bonchev–Trinajstić information content (AvgIpc) is 2.12. The molecule has 0 bridgehead atoms. The van der Waals surface area contributed by atoms with E-state index in [2.05, 4.69) is 4.74 Å². The number of methoxy groups -OCH3 is 1. The summed E-state index contributed by atoms with van der Waals surface area (Å²) in [6.45, 7) is 2.31. The summed E-state index contributed by atoms with van der Waals surface area (Å²) < 4.78 is 4.46. The summed E-state index contributed by atoms with van der Waals surface area (Å²) in [5.41, 5.74) is 0. The van der Waals surface area contributed by atoms with Gasteiger partial charge in [0.05, 0.1) is 7.11 Å². The first-order valence-electron chi connectivity index (χ1n) is 4.06. The van der Waals surface area contributed by atoms with Crippen molar-refractivity contribution >= 4 is 12.0 Å². The number of hydrogen-bond donors (Lipinski definition) is 0. The van der Waals surface area contributed by atoms with Crippen LogP contribution in [0.25, 0.3) is 0 Å². The minimum atomic E-state index is -0.406. The normalized spacial score (nSPS) is 9.23. The van der Waals surface area contributed by atoms with E-state index in [0.29, 0.717) is 6.54 Å². The summed E-state index contributed by atoms with van der Waals surface area (Å²) in [4.78, 5) is 25.1. The Bertz CT molecular complexity index is 192. The molecule has 0 aliphatic carbocycles. The monoisotopic (exact) mass is 188 g/mol. The van der Waals surface area contributed by atoms with E-state index in [0.717, 1.165) is 0 Å². The van der Waals surface area contributed by atoms with Crippen LogP contribution in [-0.2, 0) is 9.53 Å². The van der Waals surface area contributed by atoms with Crippen molar-refractivity contribution in [2.24, 2.45) is 0 Å². The maximum absolute atomic E-state index is 11.4. The molecule has 0 rings (SSSR count). The first-order valence-corrected chi connectivity index (χ1v) is 4.06. The zero-order valence-corrected chi connectivity index (χ0v) is 8.53. The van der Waals surface area contributed by atoms with Gasteiger partial charge in [-0.15, -0.1) is 0 Å². The molecule has 0 saturated heterocycles. The molecule has 0 saturated carbocycles. The molecule has 0 N–H and O–H groups in total. The molecule has 13 heavy (non-hydrogen) atoms. The van der Waals surface area contributed by atoms with Gasteiger partial charge in [-0.25, -0.2) is 4.79 Å². The summed E-state index contributed by atoms with van der Waals surface area (Å²) in [5.74, 6) is -0.406. The predicted molar refractivity (Wildman–Crippen MR) is 48.3 cm³/mol. The summed E-state index contributed by atoms with van der Waals surface area (Å²) in [5, 5.41) is 0. The van der Waals surface area contributed by atoms with Gasteiger partial charge in [-0.3, -0.25) is 4.79 Å². The third-order valence-electron chi connectivity index (χ3n) is 1.58. The Morgan fingerprint density at radius 3 is 2.15 bits per heavy atom. The molecular formula is C8H16N2O3. The maximum Gasteiger partial charge on any atom is 0.325 e. The minimum absolute atomic E-state index is 0.00398. The van der Waals surface area contributed by atoms with Crippen molar-refractivity contribution < 1.29 is 14.3 Å². The smallest absolute Gasteiger partial charge is 0.325 e. The Morgan fingerprint density at radius 2 is 1.85 bits per heavy atom.